The normalized spacial score (nSPS) is 73.9. The van der Waals surface area contributed by atoms with Crippen molar-refractivity contribution in [1.29, 1.82) is 0 Å². The van der Waals surface area contributed by atoms with E-state index in [9.17, 15) is 10.2 Å². The van der Waals surface area contributed by atoms with E-state index in [2.05, 4.69) is 0 Å². The summed E-state index contributed by atoms with van der Waals surface area (Å²) >= 11 is 0. The first kappa shape index (κ1) is 8.93. The van der Waals surface area contributed by atoms with Crippen LogP contribution < -0.4 is 0 Å². The van der Waals surface area contributed by atoms with E-state index in [1.807, 2.05) is 0 Å². The number of aliphatic hydroxyl groups excluding tert-OH is 2. The van der Waals surface area contributed by atoms with E-state index in [1.165, 1.54) is 12.8 Å². The predicted molar refractivity (Wildman–Crippen MR) is 58.4 cm³/mol. The maximum Gasteiger partial charge on any atom is 0.0577 e. The summed E-state index contributed by atoms with van der Waals surface area (Å²) in [5.41, 5.74) is 0. The lowest BCUT2D eigenvalue weighted by atomic mass is 9.85. The highest BCUT2D eigenvalue weighted by molar-refractivity contribution is 5.19. The van der Waals surface area contributed by atoms with Gasteiger partial charge in [0.15, 0.2) is 0 Å². The minimum Gasteiger partial charge on any atom is -0.393 e. The van der Waals surface area contributed by atoms with E-state index >= 15 is 0 Å². The van der Waals surface area contributed by atoms with Crippen LogP contribution in [0.3, 0.4) is 0 Å². The molecule has 0 aromatic rings. The fourth-order valence-corrected chi connectivity index (χ4v) is 7.14. The molecule has 2 unspecified atom stereocenters. The van der Waals surface area contributed by atoms with Crippen LogP contribution in [-0.4, -0.2) is 22.4 Å². The summed E-state index contributed by atoms with van der Waals surface area (Å²) in [5.74, 6) is 6.06. The molecule has 5 aliphatic carbocycles. The summed E-state index contributed by atoms with van der Waals surface area (Å²) in [6.45, 7) is 0. The van der Waals surface area contributed by atoms with Gasteiger partial charge in [0.2, 0.25) is 0 Å². The van der Waals surface area contributed by atoms with Gasteiger partial charge in [0, 0.05) is 0 Å². The standard InChI is InChI=1S/C14H20O2/c15-8-3-6-1-5-2-7-4-9(16)14-12(7)10(5)11(6)13(8)14/h5-16H,1-4H2/t5?,6-,7+,8-,9+,10?,11+,12-,13+,14-. The van der Waals surface area contributed by atoms with Crippen molar-refractivity contribution in [2.75, 3.05) is 0 Å². The molecule has 0 amide bonds. The van der Waals surface area contributed by atoms with Gasteiger partial charge in [-0.2, -0.15) is 0 Å². The zero-order valence-electron chi connectivity index (χ0n) is 9.50. The molecule has 5 saturated carbocycles. The summed E-state index contributed by atoms with van der Waals surface area (Å²) in [4.78, 5) is 0. The second kappa shape index (κ2) is 2.51. The van der Waals surface area contributed by atoms with Crippen LogP contribution in [0.5, 0.6) is 0 Å². The molecule has 2 heteroatoms. The van der Waals surface area contributed by atoms with E-state index in [-0.39, 0.29) is 12.2 Å². The third-order valence-electron chi connectivity index (χ3n) is 7.04. The molecule has 0 heterocycles. The van der Waals surface area contributed by atoms with Crippen molar-refractivity contribution < 1.29 is 10.2 Å². The molecule has 2 nitrogen and oxygen atoms in total. The smallest absolute Gasteiger partial charge is 0.0577 e. The van der Waals surface area contributed by atoms with E-state index in [1.54, 1.807) is 0 Å². The van der Waals surface area contributed by atoms with Crippen molar-refractivity contribution in [3.63, 3.8) is 0 Å². The fraction of sp³-hybridized carbons (Fsp3) is 1.00. The molecule has 2 N–H and O–H groups in total. The number of hydrogen-bond donors (Lipinski definition) is 2. The van der Waals surface area contributed by atoms with Gasteiger partial charge in [0.1, 0.15) is 0 Å². The van der Waals surface area contributed by atoms with Crippen molar-refractivity contribution >= 4 is 0 Å². The van der Waals surface area contributed by atoms with Gasteiger partial charge in [-0.3, -0.25) is 0 Å². The van der Waals surface area contributed by atoms with Crippen LogP contribution in [0.15, 0.2) is 0 Å². The Morgan fingerprint density at radius 3 is 1.38 bits per heavy atom. The lowest BCUT2D eigenvalue weighted by Crippen LogP contribution is -2.29. The van der Waals surface area contributed by atoms with Crippen molar-refractivity contribution in [1.82, 2.24) is 0 Å². The number of rotatable bonds is 0. The Bertz CT molecular complexity index is 315. The lowest BCUT2D eigenvalue weighted by Gasteiger charge is -2.24. The molecule has 0 bridgehead atoms. The van der Waals surface area contributed by atoms with Crippen molar-refractivity contribution in [2.24, 2.45) is 47.3 Å². The van der Waals surface area contributed by atoms with Crippen molar-refractivity contribution in [3.8, 4) is 0 Å². The topological polar surface area (TPSA) is 40.5 Å². The second-order valence-electron chi connectivity index (χ2n) is 7.24. The van der Waals surface area contributed by atoms with Gasteiger partial charge in [0.25, 0.3) is 0 Å². The van der Waals surface area contributed by atoms with Crippen LogP contribution in [0.4, 0.5) is 0 Å². The van der Waals surface area contributed by atoms with Crippen molar-refractivity contribution in [2.45, 2.75) is 37.9 Å². The molecule has 0 saturated heterocycles. The summed E-state index contributed by atoms with van der Waals surface area (Å²) in [5, 5.41) is 20.6. The molecule has 0 aromatic heterocycles. The molecule has 5 fully saturated rings. The van der Waals surface area contributed by atoms with Crippen LogP contribution in [0.25, 0.3) is 0 Å². The van der Waals surface area contributed by atoms with Gasteiger partial charge in [-0.15, -0.1) is 0 Å². The molecule has 0 spiro atoms. The lowest BCUT2D eigenvalue weighted by molar-refractivity contribution is 0.0366. The van der Waals surface area contributed by atoms with Gasteiger partial charge < -0.3 is 10.2 Å². The molecule has 0 aromatic carbocycles. The van der Waals surface area contributed by atoms with Crippen LogP contribution in [0, 0.1) is 47.3 Å². The average molecular weight is 220 g/mol. The Kier molecular flexibility index (Phi) is 1.40. The van der Waals surface area contributed by atoms with Crippen LogP contribution in [0.2, 0.25) is 0 Å². The second-order valence-corrected chi connectivity index (χ2v) is 7.24. The van der Waals surface area contributed by atoms with Gasteiger partial charge in [-0.25, -0.2) is 0 Å². The van der Waals surface area contributed by atoms with E-state index in [4.69, 9.17) is 0 Å². The Morgan fingerprint density at radius 2 is 0.875 bits per heavy atom. The summed E-state index contributed by atoms with van der Waals surface area (Å²) in [6, 6.07) is 0. The SMILES string of the molecule is O[C@@H]1C[C@H]2CC3C[C@H]4C[C@H](O)[C@@H]5[C@H]4C3[C@H]2[C@@H]51. The van der Waals surface area contributed by atoms with Gasteiger partial charge in [0.05, 0.1) is 12.2 Å². The molecule has 5 aliphatic rings. The zero-order chi connectivity index (χ0) is 10.6. The summed E-state index contributed by atoms with van der Waals surface area (Å²) in [7, 11) is 0. The van der Waals surface area contributed by atoms with Gasteiger partial charge >= 0.3 is 0 Å². The molecule has 88 valence electrons. The van der Waals surface area contributed by atoms with E-state index < -0.39 is 0 Å². The van der Waals surface area contributed by atoms with Crippen LogP contribution >= 0.6 is 0 Å². The predicted octanol–water partition coefficient (Wildman–Crippen LogP) is 1.27. The first-order valence-electron chi connectivity index (χ1n) is 7.12. The monoisotopic (exact) mass is 220 g/mol. The van der Waals surface area contributed by atoms with E-state index in [0.29, 0.717) is 11.8 Å². The number of fused-ring (bicyclic) bond motifs is 1. The molecule has 0 aliphatic heterocycles. The summed E-state index contributed by atoms with van der Waals surface area (Å²) in [6.07, 6.45) is 4.73. The molecule has 0 radical (unpaired) electrons. The fourth-order valence-electron chi connectivity index (χ4n) is 7.14. The average Bonchev–Trinajstić information content (AvgIpc) is 2.88. The Hall–Kier alpha value is -0.0800. The summed E-state index contributed by atoms with van der Waals surface area (Å²) < 4.78 is 0. The van der Waals surface area contributed by atoms with Gasteiger partial charge in [-0.1, -0.05) is 0 Å². The maximum atomic E-state index is 10.3. The van der Waals surface area contributed by atoms with Crippen molar-refractivity contribution in [3.05, 3.63) is 0 Å². The van der Waals surface area contributed by atoms with Crippen LogP contribution in [-0.2, 0) is 0 Å². The number of aliphatic hydroxyl groups is 2. The highest BCUT2D eigenvalue weighted by atomic mass is 16.3. The molecular weight excluding hydrogens is 200 g/mol. The largest absolute Gasteiger partial charge is 0.393 e. The molecule has 10 atom stereocenters. The van der Waals surface area contributed by atoms with Gasteiger partial charge in [-0.05, 0) is 73.0 Å². The Labute approximate surface area is 96.0 Å². The minimum atomic E-state index is -0.0834. The zero-order valence-corrected chi connectivity index (χ0v) is 9.50. The number of hydrogen-bond acceptors (Lipinski definition) is 2. The third kappa shape index (κ3) is 0.743. The third-order valence-corrected chi connectivity index (χ3v) is 7.04. The Balaban J connectivity index is 1.68. The highest BCUT2D eigenvalue weighted by Crippen LogP contribution is 2.74. The van der Waals surface area contributed by atoms with E-state index in [0.717, 1.165) is 48.3 Å². The quantitative estimate of drug-likeness (QED) is 0.645. The van der Waals surface area contributed by atoms with Crippen LogP contribution in [0.1, 0.15) is 25.7 Å². The molecular formula is C14H20O2. The first-order valence-corrected chi connectivity index (χ1v) is 7.12. The minimum absolute atomic E-state index is 0.0834. The highest BCUT2D eigenvalue weighted by Gasteiger charge is 2.71. The molecule has 5 rings (SSSR count). The molecule has 16 heavy (non-hydrogen) atoms. The Morgan fingerprint density at radius 1 is 0.500 bits per heavy atom. The first-order chi connectivity index (χ1) is 7.75. The maximum absolute atomic E-state index is 10.3.